The maximum Gasteiger partial charge on any atom is 0.000756 e. The quantitative estimate of drug-likeness (QED) is 0.618. The van der Waals surface area contributed by atoms with Gasteiger partial charge in [0.1, 0.15) is 0 Å². The van der Waals surface area contributed by atoms with E-state index in [0.29, 0.717) is 5.92 Å². The highest BCUT2D eigenvalue weighted by molar-refractivity contribution is 4.73. The standard InChI is InChI=1S/C12H27N3/c1-3-11(8-13)9-14-6-4-12-5-7-15(2)10-12/h11-12,14H,3-10,13H2,1-2H3. The fraction of sp³-hybridized carbons (Fsp3) is 1.00. The van der Waals surface area contributed by atoms with Crippen LogP contribution in [0.4, 0.5) is 0 Å². The van der Waals surface area contributed by atoms with E-state index in [1.54, 1.807) is 0 Å². The molecule has 1 heterocycles. The van der Waals surface area contributed by atoms with Gasteiger partial charge in [0.15, 0.2) is 0 Å². The number of hydrogen-bond acceptors (Lipinski definition) is 3. The average molecular weight is 213 g/mol. The Bertz CT molecular complexity index is 157. The van der Waals surface area contributed by atoms with Crippen molar-refractivity contribution >= 4 is 0 Å². The predicted molar refractivity (Wildman–Crippen MR) is 65.9 cm³/mol. The molecule has 0 spiro atoms. The number of nitrogens with two attached hydrogens (primary N) is 1. The number of hydrogen-bond donors (Lipinski definition) is 2. The lowest BCUT2D eigenvalue weighted by Gasteiger charge is -2.15. The van der Waals surface area contributed by atoms with Crippen LogP contribution in [0.2, 0.25) is 0 Å². The molecule has 0 saturated carbocycles. The fourth-order valence-electron chi connectivity index (χ4n) is 2.27. The van der Waals surface area contributed by atoms with Crippen LogP contribution in [0.15, 0.2) is 0 Å². The van der Waals surface area contributed by atoms with E-state index in [2.05, 4.69) is 24.2 Å². The Morgan fingerprint density at radius 3 is 2.87 bits per heavy atom. The summed E-state index contributed by atoms with van der Waals surface area (Å²) in [6, 6.07) is 0. The minimum atomic E-state index is 0.663. The van der Waals surface area contributed by atoms with Crippen molar-refractivity contribution in [2.45, 2.75) is 26.2 Å². The number of nitrogens with one attached hydrogen (secondary N) is 1. The van der Waals surface area contributed by atoms with Crippen LogP contribution in [-0.4, -0.2) is 44.7 Å². The Hall–Kier alpha value is -0.120. The van der Waals surface area contributed by atoms with E-state index in [1.165, 1.54) is 32.4 Å². The van der Waals surface area contributed by atoms with Crippen molar-refractivity contribution in [1.29, 1.82) is 0 Å². The summed E-state index contributed by atoms with van der Waals surface area (Å²) in [5, 5.41) is 3.53. The molecule has 0 aliphatic carbocycles. The minimum Gasteiger partial charge on any atom is -0.330 e. The van der Waals surface area contributed by atoms with Gasteiger partial charge in [-0.3, -0.25) is 0 Å². The molecule has 3 heteroatoms. The van der Waals surface area contributed by atoms with Crippen molar-refractivity contribution in [2.75, 3.05) is 39.8 Å². The highest BCUT2D eigenvalue weighted by Gasteiger charge is 2.18. The van der Waals surface area contributed by atoms with E-state index < -0.39 is 0 Å². The summed E-state index contributed by atoms with van der Waals surface area (Å²) in [6.45, 7) is 7.85. The first-order valence-electron chi connectivity index (χ1n) is 6.35. The van der Waals surface area contributed by atoms with E-state index in [9.17, 15) is 0 Å². The summed E-state index contributed by atoms with van der Waals surface area (Å²) < 4.78 is 0. The highest BCUT2D eigenvalue weighted by atomic mass is 15.1. The summed E-state index contributed by atoms with van der Waals surface area (Å²) in [5.74, 6) is 1.58. The van der Waals surface area contributed by atoms with E-state index in [0.717, 1.165) is 25.6 Å². The molecular formula is C12H27N3. The monoisotopic (exact) mass is 213 g/mol. The van der Waals surface area contributed by atoms with Crippen LogP contribution < -0.4 is 11.1 Å². The Kier molecular flexibility index (Phi) is 6.22. The van der Waals surface area contributed by atoms with Crippen molar-refractivity contribution in [2.24, 2.45) is 17.6 Å². The van der Waals surface area contributed by atoms with Gasteiger partial charge in [-0.15, -0.1) is 0 Å². The summed E-state index contributed by atoms with van der Waals surface area (Å²) >= 11 is 0. The van der Waals surface area contributed by atoms with E-state index in [-0.39, 0.29) is 0 Å². The van der Waals surface area contributed by atoms with Crippen LogP contribution in [0.25, 0.3) is 0 Å². The minimum absolute atomic E-state index is 0.663. The van der Waals surface area contributed by atoms with Gasteiger partial charge in [-0.2, -0.15) is 0 Å². The normalized spacial score (nSPS) is 24.6. The Labute approximate surface area is 94.4 Å². The van der Waals surface area contributed by atoms with Crippen molar-refractivity contribution in [3.8, 4) is 0 Å². The lowest BCUT2D eigenvalue weighted by molar-refractivity contribution is 0.380. The molecular weight excluding hydrogens is 186 g/mol. The zero-order chi connectivity index (χ0) is 11.1. The van der Waals surface area contributed by atoms with E-state index >= 15 is 0 Å². The summed E-state index contributed by atoms with van der Waals surface area (Å²) in [4.78, 5) is 2.43. The van der Waals surface area contributed by atoms with Gasteiger partial charge < -0.3 is 16.0 Å². The third-order valence-corrected chi connectivity index (χ3v) is 3.56. The Morgan fingerprint density at radius 2 is 2.33 bits per heavy atom. The first kappa shape index (κ1) is 12.9. The van der Waals surface area contributed by atoms with Gasteiger partial charge in [0.2, 0.25) is 0 Å². The van der Waals surface area contributed by atoms with Crippen LogP contribution in [0, 0.1) is 11.8 Å². The van der Waals surface area contributed by atoms with E-state index in [4.69, 9.17) is 5.73 Å². The lowest BCUT2D eigenvalue weighted by atomic mass is 10.0. The molecule has 3 nitrogen and oxygen atoms in total. The second-order valence-corrected chi connectivity index (χ2v) is 4.92. The van der Waals surface area contributed by atoms with Crippen molar-refractivity contribution in [3.63, 3.8) is 0 Å². The zero-order valence-corrected chi connectivity index (χ0v) is 10.3. The lowest BCUT2D eigenvalue weighted by Crippen LogP contribution is -2.29. The van der Waals surface area contributed by atoms with Gasteiger partial charge >= 0.3 is 0 Å². The second kappa shape index (κ2) is 7.20. The summed E-state index contributed by atoms with van der Waals surface area (Å²) in [5.41, 5.74) is 5.66. The number of rotatable bonds is 7. The predicted octanol–water partition coefficient (Wildman–Crippen LogP) is 0.903. The third kappa shape index (κ3) is 4.96. The smallest absolute Gasteiger partial charge is 0.000756 e. The van der Waals surface area contributed by atoms with Crippen LogP contribution in [-0.2, 0) is 0 Å². The number of nitrogens with zero attached hydrogens (tertiary/aromatic N) is 1. The molecule has 2 unspecified atom stereocenters. The molecule has 0 aromatic carbocycles. The maximum atomic E-state index is 5.66. The van der Waals surface area contributed by atoms with Gasteiger partial charge in [-0.25, -0.2) is 0 Å². The van der Waals surface area contributed by atoms with Crippen molar-refractivity contribution in [1.82, 2.24) is 10.2 Å². The SMILES string of the molecule is CCC(CN)CNCCC1CCN(C)C1. The van der Waals surface area contributed by atoms with Gasteiger partial charge in [-0.1, -0.05) is 13.3 Å². The molecule has 0 radical (unpaired) electrons. The highest BCUT2D eigenvalue weighted by Crippen LogP contribution is 2.16. The van der Waals surface area contributed by atoms with Crippen molar-refractivity contribution < 1.29 is 0 Å². The molecule has 3 N–H and O–H groups in total. The molecule has 90 valence electrons. The molecule has 1 fully saturated rings. The topological polar surface area (TPSA) is 41.3 Å². The largest absolute Gasteiger partial charge is 0.330 e. The molecule has 2 atom stereocenters. The average Bonchev–Trinajstić information content (AvgIpc) is 2.65. The molecule has 15 heavy (non-hydrogen) atoms. The Morgan fingerprint density at radius 1 is 1.53 bits per heavy atom. The summed E-state index contributed by atoms with van der Waals surface area (Å²) in [6.07, 6.45) is 3.90. The molecule has 0 bridgehead atoms. The third-order valence-electron chi connectivity index (χ3n) is 3.56. The molecule has 0 aromatic heterocycles. The van der Waals surface area contributed by atoms with Crippen molar-refractivity contribution in [3.05, 3.63) is 0 Å². The second-order valence-electron chi connectivity index (χ2n) is 4.92. The van der Waals surface area contributed by atoms with Gasteiger partial charge in [-0.05, 0) is 57.9 Å². The summed E-state index contributed by atoms with van der Waals surface area (Å²) in [7, 11) is 2.22. The van der Waals surface area contributed by atoms with Gasteiger partial charge in [0, 0.05) is 6.54 Å². The molecule has 1 rings (SSSR count). The molecule has 1 aliphatic rings. The van der Waals surface area contributed by atoms with Crippen LogP contribution >= 0.6 is 0 Å². The molecule has 1 aliphatic heterocycles. The van der Waals surface area contributed by atoms with Crippen LogP contribution in [0.3, 0.4) is 0 Å². The molecule has 1 saturated heterocycles. The maximum absolute atomic E-state index is 5.66. The van der Waals surface area contributed by atoms with Gasteiger partial charge in [0.25, 0.3) is 0 Å². The molecule has 0 amide bonds. The fourth-order valence-corrected chi connectivity index (χ4v) is 2.27. The first-order valence-corrected chi connectivity index (χ1v) is 6.35. The zero-order valence-electron chi connectivity index (χ0n) is 10.3. The van der Waals surface area contributed by atoms with Gasteiger partial charge in [0.05, 0.1) is 0 Å². The van der Waals surface area contributed by atoms with E-state index in [1.807, 2.05) is 0 Å². The Balaban J connectivity index is 1.97. The van der Waals surface area contributed by atoms with Crippen LogP contribution in [0.1, 0.15) is 26.2 Å². The molecule has 0 aromatic rings. The number of likely N-dealkylation sites (tertiary alicyclic amines) is 1. The van der Waals surface area contributed by atoms with Crippen LogP contribution in [0.5, 0.6) is 0 Å². The first-order chi connectivity index (χ1) is 7.26.